The van der Waals surface area contributed by atoms with Crippen LogP contribution in [0.4, 0.5) is 5.82 Å². The summed E-state index contributed by atoms with van der Waals surface area (Å²) in [7, 11) is 0. The summed E-state index contributed by atoms with van der Waals surface area (Å²) in [6.07, 6.45) is 2.85. The van der Waals surface area contributed by atoms with Gasteiger partial charge in [0, 0.05) is 38.9 Å². The molecule has 1 fully saturated rings. The minimum atomic E-state index is 0.639. The molecule has 0 aromatic carbocycles. The summed E-state index contributed by atoms with van der Waals surface area (Å²) in [4.78, 5) is 13.7. The van der Waals surface area contributed by atoms with Crippen LogP contribution in [0.15, 0.2) is 24.4 Å². The second-order valence-electron chi connectivity index (χ2n) is 4.24. The van der Waals surface area contributed by atoms with Gasteiger partial charge < -0.3 is 9.74 Å². The Morgan fingerprint density at radius 3 is 2.09 bits per heavy atom. The Morgan fingerprint density at radius 1 is 1.00 bits per heavy atom. The second-order valence-corrected chi connectivity index (χ2v) is 4.24. The monoisotopic (exact) mass is 326 g/mol. The van der Waals surface area contributed by atoms with Crippen molar-refractivity contribution in [1.29, 1.82) is 0 Å². The van der Waals surface area contributed by atoms with Crippen molar-refractivity contribution in [1.82, 2.24) is 9.88 Å². The highest BCUT2D eigenvalue weighted by Gasteiger charge is 2.16. The van der Waals surface area contributed by atoms with Gasteiger partial charge in [-0.3, -0.25) is 4.90 Å². The van der Waals surface area contributed by atoms with Gasteiger partial charge in [-0.25, -0.2) is 10.9 Å². The molecular weight excluding hydrogens is 288 g/mol. The third kappa shape index (κ3) is 11.1. The summed E-state index contributed by atoms with van der Waals surface area (Å²) < 4.78 is 0. The average Bonchev–Trinajstić information content (AvgIpc) is 2.68. The second kappa shape index (κ2) is 18.9. The van der Waals surface area contributed by atoms with E-state index in [1.165, 1.54) is 0 Å². The number of anilines is 1. The Morgan fingerprint density at radius 2 is 1.61 bits per heavy atom. The largest absolute Gasteiger partial charge is 0.354 e. The minimum Gasteiger partial charge on any atom is -0.354 e. The lowest BCUT2D eigenvalue weighted by Crippen LogP contribution is -2.47. The lowest BCUT2D eigenvalue weighted by molar-refractivity contribution is 0.122. The summed E-state index contributed by atoms with van der Waals surface area (Å²) in [6, 6.07) is 6.05. The van der Waals surface area contributed by atoms with E-state index in [0.717, 1.165) is 45.0 Å². The van der Waals surface area contributed by atoms with Crippen LogP contribution >= 0.6 is 0 Å². The topological polar surface area (TPSA) is 54.6 Å². The maximum Gasteiger partial charge on any atom is 0.128 e. The third-order valence-corrected chi connectivity index (χ3v) is 3.08. The van der Waals surface area contributed by atoms with Gasteiger partial charge in [0.05, 0.1) is 6.61 Å². The number of rotatable bonds is 5. The summed E-state index contributed by atoms with van der Waals surface area (Å²) in [5, 5.41) is 0. The molecule has 0 spiro atoms. The quantitative estimate of drug-likeness (QED) is 0.662. The van der Waals surface area contributed by atoms with Gasteiger partial charge in [0.1, 0.15) is 5.82 Å². The molecule has 0 bridgehead atoms. The molecule has 0 unspecified atom stereocenters. The molecule has 2 heterocycles. The molecule has 0 saturated carbocycles. The van der Waals surface area contributed by atoms with Crippen LogP contribution in [-0.2, 0) is 4.84 Å². The molecule has 1 aliphatic rings. The molecule has 1 aromatic heterocycles. The smallest absolute Gasteiger partial charge is 0.128 e. The third-order valence-electron chi connectivity index (χ3n) is 3.08. The van der Waals surface area contributed by atoms with Gasteiger partial charge in [-0.1, -0.05) is 47.6 Å². The normalized spacial score (nSPS) is 13.6. The molecule has 1 saturated heterocycles. The van der Waals surface area contributed by atoms with Crippen molar-refractivity contribution in [2.24, 2.45) is 5.90 Å². The van der Waals surface area contributed by atoms with E-state index in [-0.39, 0.29) is 0 Å². The molecule has 136 valence electrons. The van der Waals surface area contributed by atoms with Crippen molar-refractivity contribution in [3.63, 3.8) is 0 Å². The van der Waals surface area contributed by atoms with Crippen molar-refractivity contribution in [3.8, 4) is 0 Å². The molecule has 0 atom stereocenters. The zero-order chi connectivity index (χ0) is 17.9. The Hall–Kier alpha value is -1.17. The molecule has 0 radical (unpaired) electrons. The van der Waals surface area contributed by atoms with Crippen LogP contribution in [0.25, 0.3) is 0 Å². The predicted molar refractivity (Wildman–Crippen MR) is 102 cm³/mol. The standard InChI is InChI=1S/C12H20N4O.3C2H6/c13-17-11-3-6-15-7-9-16(10-8-15)12-4-1-2-5-14-12;3*1-2/h1-2,4-5H,3,6-11,13H2;3*1-2H3. The first-order chi connectivity index (χ1) is 11.4. The minimum absolute atomic E-state index is 0.639. The molecule has 5 heteroatoms. The fourth-order valence-corrected chi connectivity index (χ4v) is 2.11. The van der Waals surface area contributed by atoms with Crippen LogP contribution in [-0.4, -0.2) is 49.2 Å². The molecule has 5 nitrogen and oxygen atoms in total. The zero-order valence-electron chi connectivity index (χ0n) is 16.1. The van der Waals surface area contributed by atoms with Crippen LogP contribution < -0.4 is 10.8 Å². The van der Waals surface area contributed by atoms with E-state index in [0.29, 0.717) is 6.61 Å². The lowest BCUT2D eigenvalue weighted by atomic mass is 10.3. The van der Waals surface area contributed by atoms with Gasteiger partial charge >= 0.3 is 0 Å². The van der Waals surface area contributed by atoms with E-state index in [1.54, 1.807) is 0 Å². The molecule has 2 N–H and O–H groups in total. The number of pyridine rings is 1. The maximum absolute atomic E-state index is 5.01. The number of hydrogen-bond donors (Lipinski definition) is 1. The van der Waals surface area contributed by atoms with Gasteiger partial charge in [0.15, 0.2) is 0 Å². The Kier molecular flexibility index (Phi) is 19.8. The Balaban J connectivity index is 0. The highest BCUT2D eigenvalue weighted by Crippen LogP contribution is 2.12. The molecule has 2 rings (SSSR count). The van der Waals surface area contributed by atoms with Gasteiger partial charge in [0.25, 0.3) is 0 Å². The van der Waals surface area contributed by atoms with E-state index in [2.05, 4.69) is 25.7 Å². The number of hydrogen-bond acceptors (Lipinski definition) is 5. The van der Waals surface area contributed by atoms with Gasteiger partial charge in [-0.2, -0.15) is 0 Å². The summed E-state index contributed by atoms with van der Waals surface area (Å²) in [5.41, 5.74) is 0. The number of nitrogens with two attached hydrogens (primary N) is 1. The van der Waals surface area contributed by atoms with E-state index in [9.17, 15) is 0 Å². The van der Waals surface area contributed by atoms with Gasteiger partial charge in [0.2, 0.25) is 0 Å². The van der Waals surface area contributed by atoms with E-state index < -0.39 is 0 Å². The van der Waals surface area contributed by atoms with Crippen LogP contribution in [0.1, 0.15) is 48.0 Å². The van der Waals surface area contributed by atoms with Crippen LogP contribution in [0.5, 0.6) is 0 Å². The summed E-state index contributed by atoms with van der Waals surface area (Å²) in [6.45, 7) is 18.0. The predicted octanol–water partition coefficient (Wildman–Crippen LogP) is 3.56. The number of nitrogens with zero attached hydrogens (tertiary/aromatic N) is 3. The lowest BCUT2D eigenvalue weighted by Gasteiger charge is -2.35. The maximum atomic E-state index is 5.01. The Labute approximate surface area is 143 Å². The van der Waals surface area contributed by atoms with Crippen LogP contribution in [0, 0.1) is 0 Å². The molecule has 0 amide bonds. The van der Waals surface area contributed by atoms with E-state index >= 15 is 0 Å². The van der Waals surface area contributed by atoms with Crippen molar-refractivity contribution < 1.29 is 4.84 Å². The Bertz CT molecular complexity index is 314. The van der Waals surface area contributed by atoms with E-state index in [4.69, 9.17) is 5.90 Å². The molecular formula is C18H38N4O. The number of aromatic nitrogens is 1. The average molecular weight is 327 g/mol. The van der Waals surface area contributed by atoms with E-state index in [1.807, 2.05) is 59.9 Å². The molecule has 0 aliphatic carbocycles. The highest BCUT2D eigenvalue weighted by molar-refractivity contribution is 5.38. The van der Waals surface area contributed by atoms with Crippen molar-refractivity contribution in [3.05, 3.63) is 24.4 Å². The fraction of sp³-hybridized carbons (Fsp3) is 0.722. The highest BCUT2D eigenvalue weighted by atomic mass is 16.6. The summed E-state index contributed by atoms with van der Waals surface area (Å²) >= 11 is 0. The van der Waals surface area contributed by atoms with Gasteiger partial charge in [-0.15, -0.1) is 0 Å². The van der Waals surface area contributed by atoms with Crippen LogP contribution in [0.2, 0.25) is 0 Å². The molecule has 1 aromatic rings. The SMILES string of the molecule is CC.CC.CC.NOCCCN1CCN(c2ccccn2)CC1. The van der Waals surface area contributed by atoms with Crippen molar-refractivity contribution in [2.45, 2.75) is 48.0 Å². The first-order valence-electron chi connectivity index (χ1n) is 9.10. The molecule has 1 aliphatic heterocycles. The zero-order valence-corrected chi connectivity index (χ0v) is 16.1. The molecule has 23 heavy (non-hydrogen) atoms. The fourth-order valence-electron chi connectivity index (χ4n) is 2.11. The van der Waals surface area contributed by atoms with Crippen molar-refractivity contribution in [2.75, 3.05) is 44.2 Å². The first-order valence-corrected chi connectivity index (χ1v) is 9.10. The van der Waals surface area contributed by atoms with Crippen LogP contribution in [0.3, 0.4) is 0 Å². The summed E-state index contributed by atoms with van der Waals surface area (Å²) in [5.74, 6) is 6.09. The first kappa shape index (κ1) is 24.1. The van der Waals surface area contributed by atoms with Gasteiger partial charge in [-0.05, 0) is 18.6 Å². The number of piperazine rings is 1. The van der Waals surface area contributed by atoms with Crippen molar-refractivity contribution >= 4 is 5.82 Å².